The van der Waals surface area contributed by atoms with E-state index in [1.165, 1.54) is 0 Å². The van der Waals surface area contributed by atoms with Gasteiger partial charge in [0.15, 0.2) is 0 Å². The van der Waals surface area contributed by atoms with Gasteiger partial charge in [-0.1, -0.05) is 0 Å². The van der Waals surface area contributed by atoms with E-state index in [1.807, 2.05) is 0 Å². The summed E-state index contributed by atoms with van der Waals surface area (Å²) in [7, 11) is 0. The molecule has 0 aliphatic heterocycles. The number of alkyl halides is 3. The molecule has 3 aliphatic rings. The summed E-state index contributed by atoms with van der Waals surface area (Å²) < 4.78 is 17.0. The Morgan fingerprint density at radius 2 is 0.774 bits per heavy atom. The Morgan fingerprint density at radius 1 is 0.516 bits per heavy atom. The van der Waals surface area contributed by atoms with Crippen LogP contribution in [0.25, 0.3) is 0 Å². The first-order valence-corrected chi connectivity index (χ1v) is 17.1. The monoisotopic (exact) mass is 684 g/mol. The zero-order valence-corrected chi connectivity index (χ0v) is 24.8. The molecule has 0 aromatic rings. The van der Waals surface area contributed by atoms with E-state index in [-0.39, 0.29) is 32.2 Å². The van der Waals surface area contributed by atoms with Gasteiger partial charge in [-0.3, -0.25) is 0 Å². The molecule has 174 valence electrons. The molecule has 0 aromatic carbocycles. The third kappa shape index (κ3) is 7.49. The first-order chi connectivity index (χ1) is 14.9. The second-order valence-electron chi connectivity index (χ2n) is 8.82. The molecule has 3 saturated carbocycles. The van der Waals surface area contributed by atoms with Crippen LogP contribution in [-0.2, 0) is 25.0 Å². The maximum atomic E-state index is 12.9. The minimum atomic E-state index is -3.90. The average Bonchev–Trinajstić information content (AvgIpc) is 2.74. The molecule has 0 radical (unpaired) electrons. The molecule has 0 bridgehead atoms. The molecular weight excluding hydrogens is 658 g/mol. The van der Waals surface area contributed by atoms with Gasteiger partial charge >= 0.3 is 217 Å². The van der Waals surface area contributed by atoms with Crippen molar-refractivity contribution in [3.63, 3.8) is 0 Å². The van der Waals surface area contributed by atoms with E-state index >= 15 is 0 Å². The van der Waals surface area contributed by atoms with Crippen LogP contribution in [0.2, 0.25) is 0 Å². The van der Waals surface area contributed by atoms with Crippen LogP contribution in [-0.4, -0.2) is 49.7 Å². The van der Waals surface area contributed by atoms with Crippen LogP contribution in [0, 0.1) is 17.8 Å². The van der Waals surface area contributed by atoms with Crippen molar-refractivity contribution in [1.29, 1.82) is 0 Å². The Labute approximate surface area is 215 Å². The van der Waals surface area contributed by atoms with Gasteiger partial charge < -0.3 is 0 Å². The van der Waals surface area contributed by atoms with Crippen molar-refractivity contribution in [1.82, 2.24) is 0 Å². The maximum absolute atomic E-state index is 12.9. The number of hydrogen-bond donors (Lipinski definition) is 0. The third-order valence-corrected chi connectivity index (χ3v) is 12.6. The first-order valence-electron chi connectivity index (χ1n) is 11.4. The zero-order valence-electron chi connectivity index (χ0n) is 17.6. The normalized spacial score (nSPS) is 33.8. The van der Waals surface area contributed by atoms with Gasteiger partial charge in [-0.15, -0.1) is 0 Å². The van der Waals surface area contributed by atoms with Gasteiger partial charge in [0.2, 0.25) is 0 Å². The summed E-state index contributed by atoms with van der Waals surface area (Å²) in [6, 6.07) is 0. The van der Waals surface area contributed by atoms with E-state index in [2.05, 4.69) is 47.8 Å². The van der Waals surface area contributed by atoms with E-state index in [0.29, 0.717) is 0 Å². The van der Waals surface area contributed by atoms with E-state index in [1.54, 1.807) is 0 Å². The molecule has 0 amide bonds. The molecule has 0 saturated heterocycles. The molecule has 0 aromatic heterocycles. The van der Waals surface area contributed by atoms with Crippen molar-refractivity contribution in [2.45, 2.75) is 91.5 Å². The zero-order chi connectivity index (χ0) is 22.4. The van der Waals surface area contributed by atoms with Gasteiger partial charge in [-0.05, 0) is 0 Å². The van der Waals surface area contributed by atoms with Gasteiger partial charge in [0.05, 0.1) is 0 Å². The molecular formula is C21H30Br3GaO6. The molecule has 0 N–H and O–H groups in total. The molecule has 0 heterocycles. The van der Waals surface area contributed by atoms with Gasteiger partial charge in [-0.25, -0.2) is 0 Å². The number of hydrogen-bond acceptors (Lipinski definition) is 6. The van der Waals surface area contributed by atoms with Crippen molar-refractivity contribution in [3.8, 4) is 0 Å². The summed E-state index contributed by atoms with van der Waals surface area (Å²) in [6.07, 6.45) is 11.0. The molecule has 3 aliphatic carbocycles. The fourth-order valence-corrected chi connectivity index (χ4v) is 9.68. The molecule has 6 unspecified atom stereocenters. The summed E-state index contributed by atoms with van der Waals surface area (Å²) in [5.41, 5.74) is 0. The Hall–Kier alpha value is 0.486. The Kier molecular flexibility index (Phi) is 10.8. The third-order valence-electron chi connectivity index (χ3n) is 6.59. The van der Waals surface area contributed by atoms with Crippen LogP contribution in [0.4, 0.5) is 0 Å². The quantitative estimate of drug-likeness (QED) is 0.273. The number of rotatable bonds is 6. The summed E-state index contributed by atoms with van der Waals surface area (Å²) >= 11 is 6.84. The predicted molar refractivity (Wildman–Crippen MR) is 128 cm³/mol. The SMILES string of the molecule is O=C([O][Ga]([O]C(=O)C1CCCCC1Br)[O]C(=O)C1CCCCC1Br)C1CCCCC1Br. The van der Waals surface area contributed by atoms with Gasteiger partial charge in [-0.2, -0.15) is 0 Å². The van der Waals surface area contributed by atoms with Crippen molar-refractivity contribution < 1.29 is 25.0 Å². The van der Waals surface area contributed by atoms with Gasteiger partial charge in [0.1, 0.15) is 0 Å². The van der Waals surface area contributed by atoms with Gasteiger partial charge in [0.25, 0.3) is 0 Å². The minimum absolute atomic E-state index is 0.0405. The first kappa shape index (κ1) is 26.1. The number of carbonyl (C=O) groups excluding carboxylic acids is 3. The molecule has 6 atom stereocenters. The second-order valence-corrected chi connectivity index (χ2v) is 15.0. The molecule has 3 fully saturated rings. The summed E-state index contributed by atoms with van der Waals surface area (Å²) in [5, 5.41) is 0. The molecule has 3 rings (SSSR count). The fraction of sp³-hybridized carbons (Fsp3) is 0.857. The number of halogens is 3. The molecule has 0 spiro atoms. The number of carbonyl (C=O) groups is 3. The van der Waals surface area contributed by atoms with E-state index in [0.717, 1.165) is 77.0 Å². The Bertz CT molecular complexity index is 565. The molecule has 31 heavy (non-hydrogen) atoms. The van der Waals surface area contributed by atoms with E-state index < -0.39 is 35.2 Å². The van der Waals surface area contributed by atoms with E-state index in [4.69, 9.17) is 10.6 Å². The van der Waals surface area contributed by atoms with Crippen LogP contribution < -0.4 is 0 Å². The van der Waals surface area contributed by atoms with Crippen LogP contribution in [0.1, 0.15) is 77.0 Å². The van der Waals surface area contributed by atoms with E-state index in [9.17, 15) is 14.4 Å². The predicted octanol–water partition coefficient (Wildman–Crippen LogP) is 5.46. The average molecular weight is 688 g/mol. The fourth-order valence-electron chi connectivity index (χ4n) is 4.67. The standard InChI is InChI=1S/3C7H11BrO2.Ga/c3*8-6-4-2-1-3-5(6)7(9)10;/h3*5-6H,1-4H2,(H,9,10);/q;;;+3/p-3. The van der Waals surface area contributed by atoms with Crippen LogP contribution >= 0.6 is 47.8 Å². The summed E-state index contributed by atoms with van der Waals surface area (Å²) in [5.74, 6) is -2.12. The van der Waals surface area contributed by atoms with Crippen LogP contribution in [0.15, 0.2) is 0 Å². The van der Waals surface area contributed by atoms with Crippen molar-refractivity contribution in [3.05, 3.63) is 0 Å². The Morgan fingerprint density at radius 3 is 1.03 bits per heavy atom. The Balaban J connectivity index is 1.67. The van der Waals surface area contributed by atoms with Gasteiger partial charge in [0, 0.05) is 0 Å². The summed E-state index contributed by atoms with van der Waals surface area (Å²) in [6.45, 7) is 0. The van der Waals surface area contributed by atoms with Crippen molar-refractivity contribution in [2.24, 2.45) is 17.8 Å². The topological polar surface area (TPSA) is 78.9 Å². The molecule has 10 heteroatoms. The molecule has 6 nitrogen and oxygen atoms in total. The van der Waals surface area contributed by atoms with Crippen molar-refractivity contribution in [2.75, 3.05) is 0 Å². The van der Waals surface area contributed by atoms with Crippen LogP contribution in [0.5, 0.6) is 0 Å². The van der Waals surface area contributed by atoms with Crippen LogP contribution in [0.3, 0.4) is 0 Å². The van der Waals surface area contributed by atoms with Crippen molar-refractivity contribution >= 4 is 83.0 Å². The second kappa shape index (κ2) is 12.8. The summed E-state index contributed by atoms with van der Waals surface area (Å²) in [4.78, 5) is 38.7.